The quantitative estimate of drug-likeness (QED) is 0.749. The van der Waals surface area contributed by atoms with Crippen LogP contribution in [0.25, 0.3) is 0 Å². The van der Waals surface area contributed by atoms with Crippen molar-refractivity contribution in [2.45, 2.75) is 19.4 Å². The van der Waals surface area contributed by atoms with Crippen LogP contribution in [0.5, 0.6) is 0 Å². The van der Waals surface area contributed by atoms with E-state index in [-0.39, 0.29) is 5.91 Å². The fourth-order valence-electron chi connectivity index (χ4n) is 1.85. The Hall–Kier alpha value is -0.840. The Balaban J connectivity index is 1.82. The predicted octanol–water partition coefficient (Wildman–Crippen LogP) is 2.92. The van der Waals surface area contributed by atoms with Crippen molar-refractivity contribution in [3.63, 3.8) is 0 Å². The molecule has 19 heavy (non-hydrogen) atoms. The third kappa shape index (κ3) is 4.97. The van der Waals surface area contributed by atoms with Crippen molar-refractivity contribution in [3.05, 3.63) is 34.0 Å². The first kappa shape index (κ1) is 14.6. The number of thiophene rings is 1. The highest BCUT2D eigenvalue weighted by atomic mass is 35.5. The van der Waals surface area contributed by atoms with E-state index in [1.165, 1.54) is 24.2 Å². The van der Waals surface area contributed by atoms with Gasteiger partial charge in [-0.15, -0.1) is 17.9 Å². The topological polar surface area (TPSA) is 32.3 Å². The molecular weight excluding hydrogens is 280 g/mol. The van der Waals surface area contributed by atoms with E-state index in [0.29, 0.717) is 19.6 Å². The van der Waals surface area contributed by atoms with Gasteiger partial charge in [0.25, 0.3) is 0 Å². The number of carbonyl (C=O) groups excluding carboxylic acids is 1. The lowest BCUT2D eigenvalue weighted by molar-refractivity contribution is -0.130. The lowest BCUT2D eigenvalue weighted by Gasteiger charge is -2.20. The van der Waals surface area contributed by atoms with Crippen molar-refractivity contribution in [1.82, 2.24) is 10.2 Å². The molecule has 104 valence electrons. The summed E-state index contributed by atoms with van der Waals surface area (Å²) in [5.74, 6) is 0.904. The van der Waals surface area contributed by atoms with Crippen LogP contribution in [0.3, 0.4) is 0 Å². The van der Waals surface area contributed by atoms with Crippen LogP contribution in [0, 0.1) is 5.92 Å². The van der Waals surface area contributed by atoms with Gasteiger partial charge in [-0.3, -0.25) is 4.79 Å². The van der Waals surface area contributed by atoms with Gasteiger partial charge in [-0.2, -0.15) is 0 Å². The first-order valence-electron chi connectivity index (χ1n) is 6.52. The van der Waals surface area contributed by atoms with Gasteiger partial charge in [-0.25, -0.2) is 0 Å². The first-order chi connectivity index (χ1) is 9.19. The SMILES string of the molecule is C=CCN(Cc1ccc(Cl)s1)C(=O)CNCC1CC1. The molecule has 0 unspecified atom stereocenters. The van der Waals surface area contributed by atoms with Crippen LogP contribution in [0.4, 0.5) is 0 Å². The van der Waals surface area contributed by atoms with E-state index in [2.05, 4.69) is 11.9 Å². The molecule has 1 aliphatic carbocycles. The molecule has 0 spiro atoms. The summed E-state index contributed by atoms with van der Waals surface area (Å²) in [5, 5.41) is 3.23. The zero-order valence-electron chi connectivity index (χ0n) is 10.9. The van der Waals surface area contributed by atoms with Gasteiger partial charge in [0.05, 0.1) is 17.4 Å². The molecule has 5 heteroatoms. The molecule has 0 atom stereocenters. The second-order valence-electron chi connectivity index (χ2n) is 4.84. The minimum Gasteiger partial charge on any atom is -0.333 e. The molecule has 1 heterocycles. The standard InChI is InChI=1S/C14H19ClN2OS/c1-2-7-17(10-12-5-6-13(15)19-12)14(18)9-16-8-11-3-4-11/h2,5-6,11,16H,1,3-4,7-10H2. The van der Waals surface area contributed by atoms with Gasteiger partial charge in [0, 0.05) is 11.4 Å². The van der Waals surface area contributed by atoms with Gasteiger partial charge in [0.1, 0.15) is 0 Å². The lowest BCUT2D eigenvalue weighted by Crippen LogP contribution is -2.38. The third-order valence-electron chi connectivity index (χ3n) is 3.08. The zero-order chi connectivity index (χ0) is 13.7. The average Bonchev–Trinajstić information content (AvgIpc) is 3.11. The first-order valence-corrected chi connectivity index (χ1v) is 7.72. The fourth-order valence-corrected chi connectivity index (χ4v) is 2.96. The van der Waals surface area contributed by atoms with Gasteiger partial charge >= 0.3 is 0 Å². The number of hydrogen-bond acceptors (Lipinski definition) is 3. The molecule has 0 aliphatic heterocycles. The fraction of sp³-hybridized carbons (Fsp3) is 0.500. The summed E-state index contributed by atoms with van der Waals surface area (Å²) in [6, 6.07) is 3.83. The maximum atomic E-state index is 12.1. The predicted molar refractivity (Wildman–Crippen MR) is 80.5 cm³/mol. The van der Waals surface area contributed by atoms with Gasteiger partial charge < -0.3 is 10.2 Å². The number of nitrogens with one attached hydrogen (secondary N) is 1. The number of rotatable bonds is 8. The van der Waals surface area contributed by atoms with Gasteiger partial charge in [-0.05, 0) is 37.4 Å². The number of nitrogens with zero attached hydrogens (tertiary/aromatic N) is 1. The molecule has 1 amide bonds. The average molecular weight is 299 g/mol. The summed E-state index contributed by atoms with van der Waals surface area (Å²) >= 11 is 7.42. The third-order valence-corrected chi connectivity index (χ3v) is 4.30. The molecule has 1 aromatic heterocycles. The van der Waals surface area contributed by atoms with E-state index in [1.807, 2.05) is 12.1 Å². The van der Waals surface area contributed by atoms with E-state index in [1.54, 1.807) is 11.0 Å². The van der Waals surface area contributed by atoms with Crippen molar-refractivity contribution in [2.75, 3.05) is 19.6 Å². The molecule has 0 saturated heterocycles. The highest BCUT2D eigenvalue weighted by Gasteiger charge is 2.21. The Morgan fingerprint density at radius 3 is 2.95 bits per heavy atom. The van der Waals surface area contributed by atoms with Crippen LogP contribution in [0.2, 0.25) is 4.34 Å². The molecule has 3 nitrogen and oxygen atoms in total. The number of carbonyl (C=O) groups is 1. The summed E-state index contributed by atoms with van der Waals surface area (Å²) in [5.41, 5.74) is 0. The van der Waals surface area contributed by atoms with E-state index >= 15 is 0 Å². The second-order valence-corrected chi connectivity index (χ2v) is 6.64. The van der Waals surface area contributed by atoms with Gasteiger partial charge in [-0.1, -0.05) is 17.7 Å². The Kier molecular flexibility index (Phi) is 5.43. The Morgan fingerprint density at radius 1 is 1.58 bits per heavy atom. The molecular formula is C14H19ClN2OS. The van der Waals surface area contributed by atoms with Crippen molar-refractivity contribution in [3.8, 4) is 0 Å². The van der Waals surface area contributed by atoms with Crippen LogP contribution in [0.1, 0.15) is 17.7 Å². The molecule has 0 radical (unpaired) electrons. The van der Waals surface area contributed by atoms with E-state index in [0.717, 1.165) is 21.7 Å². The number of halogens is 1. The zero-order valence-corrected chi connectivity index (χ0v) is 12.5. The van der Waals surface area contributed by atoms with Crippen LogP contribution < -0.4 is 5.32 Å². The lowest BCUT2D eigenvalue weighted by atomic mass is 10.3. The van der Waals surface area contributed by atoms with Crippen molar-refractivity contribution in [2.24, 2.45) is 5.92 Å². The van der Waals surface area contributed by atoms with Crippen LogP contribution in [-0.2, 0) is 11.3 Å². The molecule has 1 fully saturated rings. The molecule has 0 bridgehead atoms. The van der Waals surface area contributed by atoms with Crippen LogP contribution >= 0.6 is 22.9 Å². The smallest absolute Gasteiger partial charge is 0.237 e. The van der Waals surface area contributed by atoms with Gasteiger partial charge in [0.2, 0.25) is 5.91 Å². The minimum atomic E-state index is 0.116. The van der Waals surface area contributed by atoms with Gasteiger partial charge in [0.15, 0.2) is 0 Å². The largest absolute Gasteiger partial charge is 0.333 e. The van der Waals surface area contributed by atoms with Crippen LogP contribution in [0.15, 0.2) is 24.8 Å². The van der Waals surface area contributed by atoms with E-state index in [4.69, 9.17) is 11.6 Å². The number of hydrogen-bond donors (Lipinski definition) is 1. The van der Waals surface area contributed by atoms with Crippen molar-refractivity contribution < 1.29 is 4.79 Å². The highest BCUT2D eigenvalue weighted by Crippen LogP contribution is 2.27. The molecule has 1 saturated carbocycles. The normalized spacial score (nSPS) is 14.4. The monoisotopic (exact) mass is 298 g/mol. The van der Waals surface area contributed by atoms with E-state index < -0.39 is 0 Å². The Labute approximate surface area is 123 Å². The molecule has 0 aromatic carbocycles. The summed E-state index contributed by atoms with van der Waals surface area (Å²) < 4.78 is 0.757. The van der Waals surface area contributed by atoms with Crippen molar-refractivity contribution in [1.29, 1.82) is 0 Å². The highest BCUT2D eigenvalue weighted by molar-refractivity contribution is 7.16. The summed E-state index contributed by atoms with van der Waals surface area (Å²) in [6.07, 6.45) is 4.35. The second kappa shape index (κ2) is 7.08. The Bertz CT molecular complexity index is 442. The Morgan fingerprint density at radius 2 is 2.37 bits per heavy atom. The molecule has 1 aliphatic rings. The van der Waals surface area contributed by atoms with E-state index in [9.17, 15) is 4.79 Å². The van der Waals surface area contributed by atoms with Crippen molar-refractivity contribution >= 4 is 28.8 Å². The maximum absolute atomic E-state index is 12.1. The summed E-state index contributed by atoms with van der Waals surface area (Å²) in [4.78, 5) is 15.0. The molecule has 1 N–H and O–H groups in total. The maximum Gasteiger partial charge on any atom is 0.237 e. The van der Waals surface area contributed by atoms with Crippen LogP contribution in [-0.4, -0.2) is 30.4 Å². The molecule has 2 rings (SSSR count). The number of amides is 1. The summed E-state index contributed by atoms with van der Waals surface area (Å²) in [7, 11) is 0. The summed E-state index contributed by atoms with van der Waals surface area (Å²) in [6.45, 7) is 6.25. The minimum absolute atomic E-state index is 0.116. The molecule has 1 aromatic rings.